The van der Waals surface area contributed by atoms with Crippen molar-refractivity contribution in [1.29, 1.82) is 0 Å². The minimum Gasteiger partial charge on any atom is -0.344 e. The van der Waals surface area contributed by atoms with Gasteiger partial charge in [-0.2, -0.15) is 0 Å². The first kappa shape index (κ1) is 21.7. The number of halogens is 1. The molecule has 2 atom stereocenters. The monoisotopic (exact) mass is 479 g/mol. The second-order valence-corrected chi connectivity index (χ2v) is 9.74. The van der Waals surface area contributed by atoms with Crippen LogP contribution in [0.5, 0.6) is 0 Å². The van der Waals surface area contributed by atoms with E-state index in [-0.39, 0.29) is 12.5 Å². The predicted molar refractivity (Wildman–Crippen MR) is 127 cm³/mol. The van der Waals surface area contributed by atoms with E-state index in [4.69, 9.17) is 11.6 Å². The van der Waals surface area contributed by atoms with Crippen molar-refractivity contribution in [2.75, 3.05) is 6.54 Å². The number of carbonyl (C=O) groups excluding carboxylic acids is 3. The van der Waals surface area contributed by atoms with Crippen LogP contribution in [0.2, 0.25) is 5.02 Å². The van der Waals surface area contributed by atoms with Crippen LogP contribution >= 0.6 is 22.9 Å². The molecule has 168 valence electrons. The van der Waals surface area contributed by atoms with Crippen molar-refractivity contribution in [3.8, 4) is 0 Å². The highest BCUT2D eigenvalue weighted by Gasteiger charge is 2.54. The first-order chi connectivity index (χ1) is 16.0. The third-order valence-corrected chi connectivity index (χ3v) is 7.51. The fourth-order valence-electron chi connectivity index (χ4n) is 4.70. The van der Waals surface area contributed by atoms with Crippen LogP contribution in [0.4, 0.5) is 4.79 Å². The van der Waals surface area contributed by atoms with E-state index in [9.17, 15) is 14.4 Å². The van der Waals surface area contributed by atoms with Gasteiger partial charge in [0.15, 0.2) is 0 Å². The molecule has 5 rings (SSSR count). The molecular formula is C25H22ClN3O3S. The number of fused-ring (bicyclic) bond motifs is 2. The Balaban J connectivity index is 1.37. The molecule has 0 saturated carbocycles. The number of imide groups is 1. The van der Waals surface area contributed by atoms with Crippen molar-refractivity contribution in [1.82, 2.24) is 15.5 Å². The predicted octanol–water partition coefficient (Wildman–Crippen LogP) is 4.39. The van der Waals surface area contributed by atoms with Gasteiger partial charge in [0.1, 0.15) is 12.1 Å². The van der Waals surface area contributed by atoms with E-state index >= 15 is 0 Å². The van der Waals surface area contributed by atoms with Crippen molar-refractivity contribution in [2.45, 2.75) is 30.8 Å². The van der Waals surface area contributed by atoms with Gasteiger partial charge in [0.2, 0.25) is 5.91 Å². The first-order valence-electron chi connectivity index (χ1n) is 10.8. The van der Waals surface area contributed by atoms with Gasteiger partial charge >= 0.3 is 6.03 Å². The highest BCUT2D eigenvalue weighted by atomic mass is 35.5. The Hall–Kier alpha value is -3.16. The summed E-state index contributed by atoms with van der Waals surface area (Å²) < 4.78 is 0. The smallest absolute Gasteiger partial charge is 0.325 e. The summed E-state index contributed by atoms with van der Waals surface area (Å²) in [5.41, 5.74) is 1.54. The van der Waals surface area contributed by atoms with E-state index in [0.29, 0.717) is 11.4 Å². The Kier molecular flexibility index (Phi) is 5.68. The van der Waals surface area contributed by atoms with Gasteiger partial charge in [0, 0.05) is 15.5 Å². The van der Waals surface area contributed by atoms with Gasteiger partial charge in [0.25, 0.3) is 5.91 Å². The van der Waals surface area contributed by atoms with Gasteiger partial charge in [-0.1, -0.05) is 54.1 Å². The fraction of sp³-hybridized carbons (Fsp3) is 0.240. The molecule has 1 saturated heterocycles. The highest BCUT2D eigenvalue weighted by molar-refractivity contribution is 7.10. The minimum atomic E-state index is -1.06. The molecule has 2 heterocycles. The van der Waals surface area contributed by atoms with Gasteiger partial charge in [0.05, 0.1) is 6.04 Å². The molecule has 1 aromatic heterocycles. The Morgan fingerprint density at radius 1 is 1.09 bits per heavy atom. The largest absolute Gasteiger partial charge is 0.344 e. The summed E-state index contributed by atoms with van der Waals surface area (Å²) in [6.07, 6.45) is 2.25. The maximum Gasteiger partial charge on any atom is 0.325 e. The molecule has 1 aliphatic carbocycles. The van der Waals surface area contributed by atoms with Crippen LogP contribution in [-0.4, -0.2) is 29.3 Å². The van der Waals surface area contributed by atoms with E-state index in [1.165, 1.54) is 0 Å². The molecule has 33 heavy (non-hydrogen) atoms. The SMILES string of the molecule is O=C(CN1C(=O)N[C@@]2(CCCc3sccc32)C1=O)N[C@@H](c1ccccc1)c1ccc(Cl)cc1. The van der Waals surface area contributed by atoms with E-state index in [2.05, 4.69) is 10.6 Å². The molecule has 0 unspecified atom stereocenters. The molecule has 2 aliphatic rings. The lowest BCUT2D eigenvalue weighted by molar-refractivity contribution is -0.135. The lowest BCUT2D eigenvalue weighted by Crippen LogP contribution is -2.47. The van der Waals surface area contributed by atoms with Crippen molar-refractivity contribution < 1.29 is 14.4 Å². The van der Waals surface area contributed by atoms with E-state index in [1.807, 2.05) is 53.9 Å². The quantitative estimate of drug-likeness (QED) is 0.533. The number of benzene rings is 2. The summed E-state index contributed by atoms with van der Waals surface area (Å²) in [6.45, 7) is -0.344. The zero-order valence-corrected chi connectivity index (χ0v) is 19.3. The highest BCUT2D eigenvalue weighted by Crippen LogP contribution is 2.42. The molecular weight excluding hydrogens is 458 g/mol. The van der Waals surface area contributed by atoms with Crippen LogP contribution in [-0.2, 0) is 21.5 Å². The van der Waals surface area contributed by atoms with Gasteiger partial charge < -0.3 is 10.6 Å². The number of rotatable bonds is 5. The van der Waals surface area contributed by atoms with E-state index in [0.717, 1.165) is 39.3 Å². The standard InChI is InChI=1S/C25H22ClN3O3S/c26-18-10-8-17(9-11-18)22(16-5-2-1-3-6-16)27-21(30)15-29-23(31)25(28-24(29)32)13-4-7-20-19(25)12-14-33-20/h1-3,5-6,8-12,14,22H,4,7,13,15H2,(H,27,30)(H,28,32)/t22-,25+/m0/s1. The van der Waals surface area contributed by atoms with Crippen LogP contribution in [0, 0.1) is 0 Å². The third kappa shape index (κ3) is 3.92. The van der Waals surface area contributed by atoms with Crippen LogP contribution in [0.15, 0.2) is 66.0 Å². The van der Waals surface area contributed by atoms with Gasteiger partial charge in [-0.05, 0) is 54.0 Å². The lowest BCUT2D eigenvalue weighted by Gasteiger charge is -2.31. The Bertz CT molecular complexity index is 1210. The zero-order valence-electron chi connectivity index (χ0n) is 17.7. The molecule has 0 bridgehead atoms. The molecule has 2 aromatic carbocycles. The number of amides is 4. The molecule has 4 amide bonds. The maximum atomic E-state index is 13.4. The van der Waals surface area contributed by atoms with Crippen LogP contribution < -0.4 is 10.6 Å². The second kappa shape index (κ2) is 8.65. The van der Waals surface area contributed by atoms with E-state index < -0.39 is 23.5 Å². The van der Waals surface area contributed by atoms with Gasteiger partial charge in [-0.3, -0.25) is 14.5 Å². The van der Waals surface area contributed by atoms with E-state index in [1.54, 1.807) is 23.5 Å². The summed E-state index contributed by atoms with van der Waals surface area (Å²) in [5, 5.41) is 8.42. The number of urea groups is 1. The Morgan fingerprint density at radius 3 is 2.58 bits per heavy atom. The number of carbonyl (C=O) groups is 3. The third-order valence-electron chi connectivity index (χ3n) is 6.28. The fourth-order valence-corrected chi connectivity index (χ4v) is 5.82. The maximum absolute atomic E-state index is 13.4. The summed E-state index contributed by atoms with van der Waals surface area (Å²) >= 11 is 7.64. The number of aryl methyl sites for hydroxylation is 1. The van der Waals surface area contributed by atoms with Gasteiger partial charge in [-0.25, -0.2) is 4.79 Å². The number of nitrogens with zero attached hydrogens (tertiary/aromatic N) is 1. The molecule has 6 nitrogen and oxygen atoms in total. The average Bonchev–Trinajstić information content (AvgIpc) is 3.39. The Morgan fingerprint density at radius 2 is 1.82 bits per heavy atom. The summed E-state index contributed by atoms with van der Waals surface area (Å²) in [6, 6.07) is 17.7. The first-order valence-corrected chi connectivity index (χ1v) is 12.0. The normalized spacial score (nSPS) is 20.5. The molecule has 8 heteroatoms. The van der Waals surface area contributed by atoms with Crippen molar-refractivity contribution >= 4 is 40.8 Å². The zero-order chi connectivity index (χ0) is 23.0. The van der Waals surface area contributed by atoms with Crippen LogP contribution in [0.25, 0.3) is 0 Å². The van der Waals surface area contributed by atoms with Crippen LogP contribution in [0.1, 0.15) is 40.5 Å². The minimum absolute atomic E-state index is 0.344. The number of thiophene rings is 1. The number of nitrogens with one attached hydrogen (secondary N) is 2. The van der Waals surface area contributed by atoms with Crippen LogP contribution in [0.3, 0.4) is 0 Å². The topological polar surface area (TPSA) is 78.5 Å². The van der Waals surface area contributed by atoms with Crippen molar-refractivity contribution in [3.63, 3.8) is 0 Å². The molecule has 1 aliphatic heterocycles. The summed E-state index contributed by atoms with van der Waals surface area (Å²) in [5.74, 6) is -0.773. The number of hydrogen-bond acceptors (Lipinski definition) is 4. The average molecular weight is 480 g/mol. The van der Waals surface area contributed by atoms with Crippen molar-refractivity contribution in [3.05, 3.63) is 92.6 Å². The molecule has 1 fully saturated rings. The second-order valence-electron chi connectivity index (χ2n) is 8.30. The summed E-state index contributed by atoms with van der Waals surface area (Å²) in [7, 11) is 0. The lowest BCUT2D eigenvalue weighted by atomic mass is 9.80. The summed E-state index contributed by atoms with van der Waals surface area (Å²) in [4.78, 5) is 41.4. The Labute approximate surface area is 200 Å². The molecule has 3 aromatic rings. The molecule has 0 radical (unpaired) electrons. The van der Waals surface area contributed by atoms with Gasteiger partial charge in [-0.15, -0.1) is 11.3 Å². The molecule has 2 N–H and O–H groups in total. The number of hydrogen-bond donors (Lipinski definition) is 2. The molecule has 1 spiro atoms. The van der Waals surface area contributed by atoms with Crippen molar-refractivity contribution in [2.24, 2.45) is 0 Å².